The Kier molecular flexibility index (Phi) is 3.18. The van der Waals surface area contributed by atoms with Crippen LogP contribution in [0.25, 0.3) is 6.08 Å². The molecule has 0 fully saturated rings. The number of hydrogen-bond donors (Lipinski definition) is 1. The van der Waals surface area contributed by atoms with E-state index < -0.39 is 0 Å². The highest BCUT2D eigenvalue weighted by Crippen LogP contribution is 2.11. The van der Waals surface area contributed by atoms with E-state index in [9.17, 15) is 4.39 Å². The molecule has 0 bridgehead atoms. The number of benzene rings is 1. The van der Waals surface area contributed by atoms with Gasteiger partial charge in [-0.1, -0.05) is 12.2 Å². The fourth-order valence-corrected chi connectivity index (χ4v) is 0.936. The summed E-state index contributed by atoms with van der Waals surface area (Å²) in [4.78, 5) is 0. The number of hydrogen-bond acceptors (Lipinski definition) is 2. The predicted molar refractivity (Wildman–Crippen MR) is 49.2 cm³/mol. The molecule has 0 unspecified atom stereocenters. The molecule has 1 rings (SSSR count). The normalized spacial score (nSPS) is 10.2. The maximum Gasteiger partial charge on any atom is 0.130 e. The summed E-state index contributed by atoms with van der Waals surface area (Å²) in [5.41, 5.74) is 6.06. The Balaban J connectivity index is 3.06. The van der Waals surface area contributed by atoms with Crippen LogP contribution in [0.1, 0.15) is 11.1 Å². The molecule has 0 saturated carbocycles. The van der Waals surface area contributed by atoms with Crippen molar-refractivity contribution in [2.24, 2.45) is 5.73 Å². The van der Waals surface area contributed by atoms with Crippen LogP contribution >= 0.6 is 0 Å². The second kappa shape index (κ2) is 4.39. The van der Waals surface area contributed by atoms with Crippen molar-refractivity contribution in [3.05, 3.63) is 41.2 Å². The predicted octanol–water partition coefficient (Wildman–Crippen LogP) is 1.67. The molecule has 66 valence electrons. The minimum absolute atomic E-state index is 0.344. The molecule has 2 N–H and O–H groups in total. The number of nitriles is 1. The molecular weight excluding hydrogens is 167 g/mol. The first-order valence-corrected chi connectivity index (χ1v) is 3.84. The molecule has 0 amide bonds. The van der Waals surface area contributed by atoms with Gasteiger partial charge in [0.25, 0.3) is 0 Å². The van der Waals surface area contributed by atoms with Gasteiger partial charge >= 0.3 is 0 Å². The minimum atomic E-state index is -0.344. The Labute approximate surface area is 76.1 Å². The van der Waals surface area contributed by atoms with Gasteiger partial charge < -0.3 is 5.73 Å². The van der Waals surface area contributed by atoms with Gasteiger partial charge in [-0.05, 0) is 18.2 Å². The lowest BCUT2D eigenvalue weighted by molar-refractivity contribution is 0.625. The van der Waals surface area contributed by atoms with Crippen molar-refractivity contribution in [2.45, 2.75) is 0 Å². The topological polar surface area (TPSA) is 49.8 Å². The molecule has 1 aromatic rings. The SMILES string of the molecule is N#Cc1ccc(F)c(C=CCN)c1. The zero-order chi connectivity index (χ0) is 9.68. The number of nitrogens with zero attached hydrogens (tertiary/aromatic N) is 1. The van der Waals surface area contributed by atoms with Gasteiger partial charge in [0.15, 0.2) is 0 Å². The lowest BCUT2D eigenvalue weighted by atomic mass is 10.1. The highest BCUT2D eigenvalue weighted by atomic mass is 19.1. The summed E-state index contributed by atoms with van der Waals surface area (Å²) in [7, 11) is 0. The third-order valence-corrected chi connectivity index (χ3v) is 1.56. The fraction of sp³-hybridized carbons (Fsp3) is 0.100. The Morgan fingerprint density at radius 3 is 2.92 bits per heavy atom. The van der Waals surface area contributed by atoms with Crippen molar-refractivity contribution in [3.8, 4) is 6.07 Å². The minimum Gasteiger partial charge on any atom is -0.327 e. The van der Waals surface area contributed by atoms with E-state index in [0.29, 0.717) is 17.7 Å². The van der Waals surface area contributed by atoms with Crippen molar-refractivity contribution >= 4 is 6.08 Å². The lowest BCUT2D eigenvalue weighted by Gasteiger charge is -1.96. The molecular formula is C10H9FN2. The maximum absolute atomic E-state index is 13.0. The molecule has 0 radical (unpaired) electrons. The molecule has 13 heavy (non-hydrogen) atoms. The standard InChI is InChI=1S/C10H9FN2/c11-10-4-3-8(7-13)6-9(10)2-1-5-12/h1-4,6H,5,12H2. The van der Waals surface area contributed by atoms with E-state index in [-0.39, 0.29) is 5.82 Å². The lowest BCUT2D eigenvalue weighted by Crippen LogP contribution is -1.92. The van der Waals surface area contributed by atoms with E-state index in [1.54, 1.807) is 12.2 Å². The van der Waals surface area contributed by atoms with E-state index in [2.05, 4.69) is 0 Å². The van der Waals surface area contributed by atoms with E-state index in [4.69, 9.17) is 11.0 Å². The molecule has 0 aliphatic rings. The second-order valence-corrected chi connectivity index (χ2v) is 2.49. The van der Waals surface area contributed by atoms with Gasteiger partial charge in [0, 0.05) is 12.1 Å². The molecule has 0 heterocycles. The van der Waals surface area contributed by atoms with Crippen LogP contribution in [0, 0.1) is 17.1 Å². The van der Waals surface area contributed by atoms with Crippen molar-refractivity contribution in [1.29, 1.82) is 5.26 Å². The second-order valence-electron chi connectivity index (χ2n) is 2.49. The maximum atomic E-state index is 13.0. The van der Waals surface area contributed by atoms with Crippen LogP contribution in [-0.4, -0.2) is 6.54 Å². The quantitative estimate of drug-likeness (QED) is 0.745. The summed E-state index contributed by atoms with van der Waals surface area (Å²) < 4.78 is 13.0. The van der Waals surface area contributed by atoms with Crippen LogP contribution in [-0.2, 0) is 0 Å². The average Bonchev–Trinajstić information content (AvgIpc) is 2.17. The number of nitrogens with two attached hydrogens (primary N) is 1. The van der Waals surface area contributed by atoms with Gasteiger partial charge in [-0.15, -0.1) is 0 Å². The molecule has 0 aliphatic heterocycles. The van der Waals surface area contributed by atoms with Crippen molar-refractivity contribution < 1.29 is 4.39 Å². The van der Waals surface area contributed by atoms with E-state index in [1.165, 1.54) is 18.2 Å². The summed E-state index contributed by atoms with van der Waals surface area (Å²) in [6, 6.07) is 6.14. The molecule has 1 aromatic carbocycles. The van der Waals surface area contributed by atoms with Gasteiger partial charge in [0.2, 0.25) is 0 Å². The zero-order valence-electron chi connectivity index (χ0n) is 7.00. The van der Waals surface area contributed by atoms with E-state index >= 15 is 0 Å². The first kappa shape index (κ1) is 9.43. The van der Waals surface area contributed by atoms with Gasteiger partial charge in [-0.25, -0.2) is 4.39 Å². The fourth-order valence-electron chi connectivity index (χ4n) is 0.936. The molecule has 0 aliphatic carbocycles. The molecule has 0 aromatic heterocycles. The Hall–Kier alpha value is -1.66. The van der Waals surface area contributed by atoms with Gasteiger partial charge in [0.05, 0.1) is 11.6 Å². The van der Waals surface area contributed by atoms with E-state index in [1.807, 2.05) is 6.07 Å². The van der Waals surface area contributed by atoms with Crippen LogP contribution < -0.4 is 5.73 Å². The van der Waals surface area contributed by atoms with Crippen LogP contribution in [0.2, 0.25) is 0 Å². The van der Waals surface area contributed by atoms with Crippen molar-refractivity contribution in [3.63, 3.8) is 0 Å². The summed E-state index contributed by atoms with van der Waals surface area (Å²) in [6.45, 7) is 0.357. The van der Waals surface area contributed by atoms with E-state index in [0.717, 1.165) is 0 Å². The smallest absolute Gasteiger partial charge is 0.130 e. The van der Waals surface area contributed by atoms with Gasteiger partial charge in [-0.2, -0.15) is 5.26 Å². The van der Waals surface area contributed by atoms with Crippen LogP contribution in [0.3, 0.4) is 0 Å². The van der Waals surface area contributed by atoms with Crippen LogP contribution in [0.4, 0.5) is 4.39 Å². The third-order valence-electron chi connectivity index (χ3n) is 1.56. The van der Waals surface area contributed by atoms with Gasteiger partial charge in [0.1, 0.15) is 5.82 Å². The Morgan fingerprint density at radius 2 is 2.31 bits per heavy atom. The first-order chi connectivity index (χ1) is 6.27. The molecule has 0 atom stereocenters. The Bertz CT molecular complexity index is 364. The number of rotatable bonds is 2. The third kappa shape index (κ3) is 2.39. The molecule has 2 nitrogen and oxygen atoms in total. The Morgan fingerprint density at radius 1 is 1.54 bits per heavy atom. The van der Waals surface area contributed by atoms with Crippen LogP contribution in [0.5, 0.6) is 0 Å². The molecule has 0 spiro atoms. The summed E-state index contributed by atoms with van der Waals surface area (Å²) in [5, 5.41) is 8.56. The zero-order valence-corrected chi connectivity index (χ0v) is 7.00. The molecule has 0 saturated heterocycles. The van der Waals surface area contributed by atoms with Gasteiger partial charge in [-0.3, -0.25) is 0 Å². The van der Waals surface area contributed by atoms with Crippen LogP contribution in [0.15, 0.2) is 24.3 Å². The summed E-state index contributed by atoms with van der Waals surface area (Å²) >= 11 is 0. The summed E-state index contributed by atoms with van der Waals surface area (Å²) in [5.74, 6) is -0.344. The highest BCUT2D eigenvalue weighted by molar-refractivity contribution is 5.53. The average molecular weight is 176 g/mol. The first-order valence-electron chi connectivity index (χ1n) is 3.84. The molecule has 3 heteroatoms. The monoisotopic (exact) mass is 176 g/mol. The highest BCUT2D eigenvalue weighted by Gasteiger charge is 1.98. The van der Waals surface area contributed by atoms with Crippen molar-refractivity contribution in [2.75, 3.05) is 6.54 Å². The largest absolute Gasteiger partial charge is 0.327 e. The summed E-state index contributed by atoms with van der Waals surface area (Å²) in [6.07, 6.45) is 3.20. The number of halogens is 1. The van der Waals surface area contributed by atoms with Crippen molar-refractivity contribution in [1.82, 2.24) is 0 Å².